The molecule has 6 nitrogen and oxygen atoms in total. The first-order chi connectivity index (χ1) is 13.9. The van der Waals surface area contributed by atoms with Crippen LogP contribution in [-0.4, -0.2) is 54.5 Å². The average Bonchev–Trinajstić information content (AvgIpc) is 2.86. The largest absolute Gasteiger partial charge is 0.497 e. The Bertz CT molecular complexity index is 873. The predicted octanol–water partition coefficient (Wildman–Crippen LogP) is 2.61. The van der Waals surface area contributed by atoms with E-state index >= 15 is 0 Å². The van der Waals surface area contributed by atoms with Crippen LogP contribution in [0.15, 0.2) is 48.5 Å². The summed E-state index contributed by atoms with van der Waals surface area (Å²) in [6, 6.07) is 13.7. The summed E-state index contributed by atoms with van der Waals surface area (Å²) in [5.41, 5.74) is 1.63. The van der Waals surface area contributed by atoms with Crippen LogP contribution in [0.3, 0.4) is 0 Å². The maximum atomic E-state index is 13.4. The van der Waals surface area contributed by atoms with Crippen molar-refractivity contribution in [1.82, 2.24) is 9.80 Å². The summed E-state index contributed by atoms with van der Waals surface area (Å²) in [7, 11) is 1.59. The molecule has 2 aromatic carbocycles. The lowest BCUT2D eigenvalue weighted by Gasteiger charge is -2.25. The molecule has 1 heterocycles. The first-order valence-corrected chi connectivity index (χ1v) is 9.47. The molecule has 0 aliphatic carbocycles. The maximum absolute atomic E-state index is 13.4. The lowest BCUT2D eigenvalue weighted by molar-refractivity contribution is -0.137. The number of benzene rings is 2. The number of amides is 2. The smallest absolute Gasteiger partial charge is 0.242 e. The molecule has 0 radical (unpaired) electrons. The van der Waals surface area contributed by atoms with Crippen LogP contribution in [-0.2, 0) is 27.5 Å². The van der Waals surface area contributed by atoms with Gasteiger partial charge < -0.3 is 19.3 Å². The highest BCUT2D eigenvalue weighted by atomic mass is 19.1. The first kappa shape index (κ1) is 20.8. The Balaban J connectivity index is 1.73. The highest BCUT2D eigenvalue weighted by Crippen LogP contribution is 2.18. The third-order valence-electron chi connectivity index (χ3n) is 4.85. The Labute approximate surface area is 169 Å². The molecule has 1 saturated heterocycles. The molecule has 0 N–H and O–H groups in total. The van der Waals surface area contributed by atoms with E-state index in [-0.39, 0.29) is 36.9 Å². The van der Waals surface area contributed by atoms with Crippen LogP contribution in [0.2, 0.25) is 0 Å². The van der Waals surface area contributed by atoms with Crippen LogP contribution in [0.4, 0.5) is 4.39 Å². The fraction of sp³-hybridized carbons (Fsp3) is 0.364. The van der Waals surface area contributed by atoms with Crippen LogP contribution >= 0.6 is 0 Å². The van der Waals surface area contributed by atoms with E-state index in [1.807, 2.05) is 24.3 Å². The summed E-state index contributed by atoms with van der Waals surface area (Å²) in [5, 5.41) is 0. The summed E-state index contributed by atoms with van der Waals surface area (Å²) in [5.74, 6) is 0.0713. The van der Waals surface area contributed by atoms with E-state index < -0.39 is 0 Å². The summed E-state index contributed by atoms with van der Waals surface area (Å²) >= 11 is 0. The number of carbonyl (C=O) groups excluding carboxylic acids is 2. The molecule has 0 saturated carbocycles. The molecular formula is C22H25FN2O4. The van der Waals surface area contributed by atoms with Crippen molar-refractivity contribution in [3.8, 4) is 5.75 Å². The Hall–Kier alpha value is -2.93. The fourth-order valence-electron chi connectivity index (χ4n) is 3.31. The van der Waals surface area contributed by atoms with Gasteiger partial charge in [-0.05, 0) is 35.4 Å². The van der Waals surface area contributed by atoms with Crippen molar-refractivity contribution in [2.75, 3.05) is 26.7 Å². The second-order valence-corrected chi connectivity index (χ2v) is 7.09. The number of carbonyl (C=O) groups is 2. The molecule has 1 atom stereocenters. The van der Waals surface area contributed by atoms with Crippen molar-refractivity contribution in [3.05, 3.63) is 65.5 Å². The summed E-state index contributed by atoms with van der Waals surface area (Å²) in [6.07, 6.45) is -0.376. The standard InChI is InChI=1S/C22H25FN2O4/c1-16(26)24-12-21(29-15-18-6-3-7-19(23)9-18)13-25(22(27)14-24)11-17-5-4-8-20(10-17)28-2/h3-10,21H,11-15H2,1-2H3. The van der Waals surface area contributed by atoms with Crippen LogP contribution in [0.1, 0.15) is 18.1 Å². The molecule has 1 aliphatic rings. The van der Waals surface area contributed by atoms with Gasteiger partial charge in [0.05, 0.1) is 26.4 Å². The zero-order chi connectivity index (χ0) is 20.8. The molecule has 2 aromatic rings. The quantitative estimate of drug-likeness (QED) is 0.748. The summed E-state index contributed by atoms with van der Waals surface area (Å²) in [6.45, 7) is 2.70. The van der Waals surface area contributed by atoms with Crippen molar-refractivity contribution in [1.29, 1.82) is 0 Å². The van der Waals surface area contributed by atoms with Crippen LogP contribution < -0.4 is 4.74 Å². The van der Waals surface area contributed by atoms with Gasteiger partial charge in [0.15, 0.2) is 0 Å². The molecule has 29 heavy (non-hydrogen) atoms. The molecule has 0 bridgehead atoms. The van der Waals surface area contributed by atoms with E-state index in [9.17, 15) is 14.0 Å². The van der Waals surface area contributed by atoms with Gasteiger partial charge in [-0.15, -0.1) is 0 Å². The van der Waals surface area contributed by atoms with E-state index in [1.165, 1.54) is 24.0 Å². The normalized spacial score (nSPS) is 17.2. The van der Waals surface area contributed by atoms with Crippen LogP contribution in [0.25, 0.3) is 0 Å². The van der Waals surface area contributed by atoms with Gasteiger partial charge in [-0.3, -0.25) is 9.59 Å². The minimum absolute atomic E-state index is 0.0130. The van der Waals surface area contributed by atoms with E-state index in [4.69, 9.17) is 9.47 Å². The molecule has 3 rings (SSSR count). The predicted molar refractivity (Wildman–Crippen MR) is 106 cm³/mol. The molecule has 1 aliphatic heterocycles. The van der Waals surface area contributed by atoms with E-state index in [1.54, 1.807) is 24.1 Å². The van der Waals surface area contributed by atoms with Gasteiger partial charge in [0, 0.05) is 26.6 Å². The maximum Gasteiger partial charge on any atom is 0.242 e. The summed E-state index contributed by atoms with van der Waals surface area (Å²) in [4.78, 5) is 27.9. The molecule has 154 valence electrons. The monoisotopic (exact) mass is 400 g/mol. The molecule has 7 heteroatoms. The van der Waals surface area contributed by atoms with Crippen molar-refractivity contribution < 1.29 is 23.5 Å². The van der Waals surface area contributed by atoms with Gasteiger partial charge in [-0.2, -0.15) is 0 Å². The fourth-order valence-corrected chi connectivity index (χ4v) is 3.31. The minimum atomic E-state index is -0.376. The molecule has 1 unspecified atom stereocenters. The number of hydrogen-bond acceptors (Lipinski definition) is 4. The van der Waals surface area contributed by atoms with E-state index in [2.05, 4.69) is 0 Å². The van der Waals surface area contributed by atoms with Gasteiger partial charge in [0.25, 0.3) is 0 Å². The highest BCUT2D eigenvalue weighted by molar-refractivity contribution is 5.84. The average molecular weight is 400 g/mol. The number of methoxy groups -OCH3 is 1. The Kier molecular flexibility index (Phi) is 6.82. The Morgan fingerprint density at radius 1 is 1.14 bits per heavy atom. The van der Waals surface area contributed by atoms with Gasteiger partial charge in [-0.25, -0.2) is 4.39 Å². The second-order valence-electron chi connectivity index (χ2n) is 7.09. The van der Waals surface area contributed by atoms with Crippen molar-refractivity contribution in [2.24, 2.45) is 0 Å². The lowest BCUT2D eigenvalue weighted by atomic mass is 10.2. The first-order valence-electron chi connectivity index (χ1n) is 9.47. The zero-order valence-corrected chi connectivity index (χ0v) is 16.6. The zero-order valence-electron chi connectivity index (χ0n) is 16.6. The molecule has 2 amide bonds. The van der Waals surface area contributed by atoms with E-state index in [0.29, 0.717) is 30.9 Å². The number of hydrogen-bond donors (Lipinski definition) is 0. The van der Waals surface area contributed by atoms with Gasteiger partial charge in [0.1, 0.15) is 11.6 Å². The minimum Gasteiger partial charge on any atom is -0.497 e. The van der Waals surface area contributed by atoms with Crippen molar-refractivity contribution in [2.45, 2.75) is 26.2 Å². The summed E-state index contributed by atoms with van der Waals surface area (Å²) < 4.78 is 24.6. The highest BCUT2D eigenvalue weighted by Gasteiger charge is 2.29. The van der Waals surface area contributed by atoms with Crippen LogP contribution in [0.5, 0.6) is 5.75 Å². The Morgan fingerprint density at radius 3 is 2.62 bits per heavy atom. The second kappa shape index (κ2) is 9.52. The van der Waals surface area contributed by atoms with Crippen molar-refractivity contribution >= 4 is 11.8 Å². The SMILES string of the molecule is COc1cccc(CN2CC(OCc3cccc(F)c3)CN(C(C)=O)CC2=O)c1. The van der Waals surface area contributed by atoms with Gasteiger partial charge in [0.2, 0.25) is 11.8 Å². The lowest BCUT2D eigenvalue weighted by Crippen LogP contribution is -2.38. The van der Waals surface area contributed by atoms with E-state index in [0.717, 1.165) is 5.56 Å². The molecule has 1 fully saturated rings. The number of nitrogens with zero attached hydrogens (tertiary/aromatic N) is 2. The number of rotatable bonds is 6. The van der Waals surface area contributed by atoms with Crippen molar-refractivity contribution in [3.63, 3.8) is 0 Å². The third-order valence-corrected chi connectivity index (χ3v) is 4.85. The molecular weight excluding hydrogens is 375 g/mol. The molecule has 0 aromatic heterocycles. The van der Waals surface area contributed by atoms with Crippen LogP contribution in [0, 0.1) is 5.82 Å². The third kappa shape index (κ3) is 5.77. The van der Waals surface area contributed by atoms with Gasteiger partial charge >= 0.3 is 0 Å². The topological polar surface area (TPSA) is 59.1 Å². The Morgan fingerprint density at radius 2 is 1.90 bits per heavy atom. The number of ether oxygens (including phenoxy) is 2. The number of halogens is 1. The molecule has 0 spiro atoms. The van der Waals surface area contributed by atoms with Gasteiger partial charge in [-0.1, -0.05) is 24.3 Å².